The number of hydrogen-bond donors (Lipinski definition) is 1. The molecule has 27 heavy (non-hydrogen) atoms. The number of guanidine groups is 1. The number of carbonyl (C=O) groups is 1. The molecule has 2 heterocycles. The van der Waals surface area contributed by atoms with Gasteiger partial charge in [0.05, 0.1) is 13.0 Å². The third-order valence-electron chi connectivity index (χ3n) is 5.39. The monoisotopic (exact) mass is 494 g/mol. The maximum absolute atomic E-state index is 11.7. The lowest BCUT2D eigenvalue weighted by molar-refractivity contribution is -0.146. The summed E-state index contributed by atoms with van der Waals surface area (Å²) in [5.74, 6) is 2.37. The number of methoxy groups -OCH3 is 1. The summed E-state index contributed by atoms with van der Waals surface area (Å²) in [6.45, 7) is 13.8. The van der Waals surface area contributed by atoms with Crippen LogP contribution in [0, 0.1) is 17.8 Å². The number of ether oxygens (including phenoxy) is 1. The van der Waals surface area contributed by atoms with Gasteiger partial charge in [-0.05, 0) is 51.0 Å². The van der Waals surface area contributed by atoms with Crippen LogP contribution in [-0.2, 0) is 9.53 Å². The first-order valence-corrected chi connectivity index (χ1v) is 10.4. The molecule has 0 aromatic heterocycles. The van der Waals surface area contributed by atoms with E-state index in [1.807, 2.05) is 0 Å². The number of piperidine rings is 2. The van der Waals surface area contributed by atoms with Crippen molar-refractivity contribution in [2.75, 3.05) is 52.9 Å². The van der Waals surface area contributed by atoms with Gasteiger partial charge in [0.15, 0.2) is 5.96 Å². The molecule has 0 saturated carbocycles. The van der Waals surface area contributed by atoms with Gasteiger partial charge in [-0.15, -0.1) is 24.0 Å². The molecule has 0 spiro atoms. The molecule has 2 saturated heterocycles. The summed E-state index contributed by atoms with van der Waals surface area (Å²) < 4.78 is 4.89. The van der Waals surface area contributed by atoms with Crippen molar-refractivity contribution >= 4 is 35.9 Å². The van der Waals surface area contributed by atoms with E-state index in [-0.39, 0.29) is 35.9 Å². The van der Waals surface area contributed by atoms with E-state index in [2.05, 4.69) is 35.9 Å². The number of nitrogens with one attached hydrogen (secondary N) is 1. The van der Waals surface area contributed by atoms with Crippen LogP contribution in [0.2, 0.25) is 0 Å². The molecule has 0 amide bonds. The fraction of sp³-hybridized carbons (Fsp3) is 0.900. The number of esters is 1. The van der Waals surface area contributed by atoms with Crippen molar-refractivity contribution in [2.24, 2.45) is 22.7 Å². The van der Waals surface area contributed by atoms with Gasteiger partial charge in [-0.2, -0.15) is 0 Å². The Hall–Kier alpha value is -0.570. The molecule has 0 aliphatic carbocycles. The molecule has 0 bridgehead atoms. The van der Waals surface area contributed by atoms with Gasteiger partial charge in [-0.3, -0.25) is 9.79 Å². The van der Waals surface area contributed by atoms with Crippen LogP contribution in [-0.4, -0.2) is 74.7 Å². The van der Waals surface area contributed by atoms with Crippen LogP contribution in [0.4, 0.5) is 0 Å². The van der Waals surface area contributed by atoms with Crippen molar-refractivity contribution < 1.29 is 9.53 Å². The van der Waals surface area contributed by atoms with E-state index in [4.69, 9.17) is 9.73 Å². The average molecular weight is 494 g/mol. The molecule has 2 aliphatic rings. The van der Waals surface area contributed by atoms with Crippen molar-refractivity contribution in [3.63, 3.8) is 0 Å². The Labute approximate surface area is 182 Å². The second kappa shape index (κ2) is 12.8. The highest BCUT2D eigenvalue weighted by atomic mass is 127. The number of halogens is 1. The molecule has 1 atom stereocenters. The van der Waals surface area contributed by atoms with Gasteiger partial charge in [-0.1, -0.05) is 13.8 Å². The van der Waals surface area contributed by atoms with Crippen LogP contribution < -0.4 is 5.32 Å². The molecule has 2 rings (SSSR count). The lowest BCUT2D eigenvalue weighted by atomic mass is 9.97. The number of hydrogen-bond acceptors (Lipinski definition) is 4. The molecule has 1 unspecified atom stereocenters. The molecule has 158 valence electrons. The van der Waals surface area contributed by atoms with Crippen LogP contribution >= 0.6 is 24.0 Å². The summed E-state index contributed by atoms with van der Waals surface area (Å²) in [7, 11) is 1.48. The third kappa shape index (κ3) is 8.13. The van der Waals surface area contributed by atoms with E-state index in [0.717, 1.165) is 50.9 Å². The number of likely N-dealkylation sites (tertiary alicyclic amines) is 2. The minimum Gasteiger partial charge on any atom is -0.469 e. The largest absolute Gasteiger partial charge is 0.469 e. The fourth-order valence-electron chi connectivity index (χ4n) is 4.12. The van der Waals surface area contributed by atoms with Crippen LogP contribution in [0.25, 0.3) is 0 Å². The first-order valence-electron chi connectivity index (χ1n) is 10.4. The van der Waals surface area contributed by atoms with E-state index in [1.165, 1.54) is 39.6 Å². The Kier molecular flexibility index (Phi) is 11.6. The zero-order chi connectivity index (χ0) is 18.9. The Bertz CT molecular complexity index is 465. The van der Waals surface area contributed by atoms with E-state index in [0.29, 0.717) is 5.92 Å². The summed E-state index contributed by atoms with van der Waals surface area (Å²) in [5, 5.41) is 3.44. The standard InChI is InChI=1S/C20H38N4O2.HI/c1-5-21-20(24-11-8-18(9-12-24)19(25)26-4)22-13-17-7-6-10-23(15-17)14-16(2)3;/h16-18H,5-15H2,1-4H3,(H,21,22);1H. The van der Waals surface area contributed by atoms with E-state index in [9.17, 15) is 4.79 Å². The van der Waals surface area contributed by atoms with Crippen LogP contribution in [0.3, 0.4) is 0 Å². The third-order valence-corrected chi connectivity index (χ3v) is 5.39. The molecular weight excluding hydrogens is 455 g/mol. The molecule has 0 aromatic carbocycles. The summed E-state index contributed by atoms with van der Waals surface area (Å²) >= 11 is 0. The first kappa shape index (κ1) is 24.5. The molecule has 6 nitrogen and oxygen atoms in total. The van der Waals surface area contributed by atoms with Crippen molar-refractivity contribution in [3.05, 3.63) is 0 Å². The summed E-state index contributed by atoms with van der Waals surface area (Å²) in [5.41, 5.74) is 0. The van der Waals surface area contributed by atoms with E-state index < -0.39 is 0 Å². The SMILES string of the molecule is CCNC(=NCC1CCCN(CC(C)C)C1)N1CCC(C(=O)OC)CC1.I. The Balaban J connectivity index is 0.00000364. The minimum absolute atomic E-state index is 0. The highest BCUT2D eigenvalue weighted by Gasteiger charge is 2.27. The lowest BCUT2D eigenvalue weighted by Crippen LogP contribution is -2.47. The zero-order valence-electron chi connectivity index (χ0n) is 17.6. The van der Waals surface area contributed by atoms with Gasteiger partial charge in [0.1, 0.15) is 0 Å². The van der Waals surface area contributed by atoms with Gasteiger partial charge in [0, 0.05) is 39.3 Å². The molecule has 2 aliphatic heterocycles. The highest BCUT2D eigenvalue weighted by Crippen LogP contribution is 2.20. The number of carbonyl (C=O) groups excluding carboxylic acids is 1. The number of aliphatic imine (C=N–C) groups is 1. The minimum atomic E-state index is -0.0703. The predicted octanol–water partition coefficient (Wildman–Crippen LogP) is 2.82. The molecule has 0 radical (unpaired) electrons. The summed E-state index contributed by atoms with van der Waals surface area (Å²) in [6.07, 6.45) is 4.27. The maximum atomic E-state index is 11.7. The normalized spacial score (nSPS) is 22.5. The average Bonchev–Trinajstić information content (AvgIpc) is 2.64. The number of rotatable bonds is 6. The topological polar surface area (TPSA) is 57.2 Å². The first-order chi connectivity index (χ1) is 12.5. The van der Waals surface area contributed by atoms with Gasteiger partial charge in [0.25, 0.3) is 0 Å². The second-order valence-corrected chi connectivity index (χ2v) is 8.14. The van der Waals surface area contributed by atoms with Crippen LogP contribution in [0.5, 0.6) is 0 Å². The molecule has 0 aromatic rings. The van der Waals surface area contributed by atoms with Gasteiger partial charge < -0.3 is 19.9 Å². The van der Waals surface area contributed by atoms with Crippen molar-refractivity contribution in [1.29, 1.82) is 0 Å². The van der Waals surface area contributed by atoms with Crippen molar-refractivity contribution in [3.8, 4) is 0 Å². The Morgan fingerprint density at radius 3 is 2.52 bits per heavy atom. The van der Waals surface area contributed by atoms with E-state index in [1.54, 1.807) is 0 Å². The van der Waals surface area contributed by atoms with Crippen LogP contribution in [0.1, 0.15) is 46.5 Å². The second-order valence-electron chi connectivity index (χ2n) is 8.14. The van der Waals surface area contributed by atoms with Crippen molar-refractivity contribution in [2.45, 2.75) is 46.5 Å². The predicted molar refractivity (Wildman–Crippen MR) is 122 cm³/mol. The fourth-order valence-corrected chi connectivity index (χ4v) is 4.12. The van der Waals surface area contributed by atoms with Crippen LogP contribution in [0.15, 0.2) is 4.99 Å². The Morgan fingerprint density at radius 1 is 1.22 bits per heavy atom. The molecule has 7 heteroatoms. The summed E-state index contributed by atoms with van der Waals surface area (Å²) in [4.78, 5) is 21.6. The Morgan fingerprint density at radius 2 is 1.93 bits per heavy atom. The lowest BCUT2D eigenvalue weighted by Gasteiger charge is -2.35. The van der Waals surface area contributed by atoms with Gasteiger partial charge in [0.2, 0.25) is 0 Å². The smallest absolute Gasteiger partial charge is 0.308 e. The molecule has 1 N–H and O–H groups in total. The highest BCUT2D eigenvalue weighted by molar-refractivity contribution is 14.0. The summed E-state index contributed by atoms with van der Waals surface area (Å²) in [6, 6.07) is 0. The quantitative estimate of drug-likeness (QED) is 0.267. The maximum Gasteiger partial charge on any atom is 0.308 e. The zero-order valence-corrected chi connectivity index (χ0v) is 19.9. The molecular formula is C20H39IN4O2. The molecule has 2 fully saturated rings. The van der Waals surface area contributed by atoms with E-state index >= 15 is 0 Å². The van der Waals surface area contributed by atoms with Gasteiger partial charge in [-0.25, -0.2) is 0 Å². The van der Waals surface area contributed by atoms with Gasteiger partial charge >= 0.3 is 5.97 Å². The number of nitrogens with zero attached hydrogens (tertiary/aromatic N) is 3. The van der Waals surface area contributed by atoms with Crippen molar-refractivity contribution in [1.82, 2.24) is 15.1 Å².